The van der Waals surface area contributed by atoms with Gasteiger partial charge in [0.25, 0.3) is 0 Å². The SMILES string of the molecule is CC1=NC(=S)NCC1C(=O)OCc1cccs1. The minimum Gasteiger partial charge on any atom is -0.459 e. The second-order valence-electron chi connectivity index (χ2n) is 3.68. The summed E-state index contributed by atoms with van der Waals surface area (Å²) in [6, 6.07) is 3.87. The number of hydrogen-bond donors (Lipinski definition) is 1. The van der Waals surface area contributed by atoms with E-state index in [2.05, 4.69) is 10.3 Å². The zero-order chi connectivity index (χ0) is 12.3. The molecule has 0 aliphatic carbocycles. The Morgan fingerprint density at radius 2 is 2.59 bits per heavy atom. The summed E-state index contributed by atoms with van der Waals surface area (Å²) in [6.45, 7) is 2.59. The Kier molecular flexibility index (Phi) is 3.86. The molecule has 2 heterocycles. The van der Waals surface area contributed by atoms with Crippen LogP contribution < -0.4 is 5.32 Å². The van der Waals surface area contributed by atoms with Gasteiger partial charge in [0.2, 0.25) is 0 Å². The summed E-state index contributed by atoms with van der Waals surface area (Å²) in [5.41, 5.74) is 0.713. The monoisotopic (exact) mass is 268 g/mol. The Morgan fingerprint density at radius 3 is 3.24 bits per heavy atom. The van der Waals surface area contributed by atoms with Crippen LogP contribution >= 0.6 is 23.6 Å². The van der Waals surface area contributed by atoms with Crippen LogP contribution in [0.1, 0.15) is 11.8 Å². The Hall–Kier alpha value is -1.27. The van der Waals surface area contributed by atoms with E-state index in [0.29, 0.717) is 24.0 Å². The lowest BCUT2D eigenvalue weighted by molar-refractivity contribution is -0.147. The topological polar surface area (TPSA) is 50.7 Å². The van der Waals surface area contributed by atoms with Crippen molar-refractivity contribution < 1.29 is 9.53 Å². The highest BCUT2D eigenvalue weighted by molar-refractivity contribution is 7.80. The first-order valence-electron chi connectivity index (χ1n) is 5.19. The molecule has 90 valence electrons. The number of hydrogen-bond acceptors (Lipinski definition) is 4. The molecule has 0 spiro atoms. The van der Waals surface area contributed by atoms with Crippen LogP contribution in [-0.2, 0) is 16.1 Å². The number of carbonyl (C=O) groups is 1. The van der Waals surface area contributed by atoms with Crippen LogP contribution in [0.4, 0.5) is 0 Å². The van der Waals surface area contributed by atoms with E-state index < -0.39 is 0 Å². The molecule has 17 heavy (non-hydrogen) atoms. The maximum atomic E-state index is 11.8. The van der Waals surface area contributed by atoms with Crippen molar-refractivity contribution in [3.05, 3.63) is 22.4 Å². The number of nitrogens with one attached hydrogen (secondary N) is 1. The fourth-order valence-corrected chi connectivity index (χ4v) is 2.35. The molecule has 0 aromatic carbocycles. The van der Waals surface area contributed by atoms with E-state index in [1.165, 1.54) is 0 Å². The van der Waals surface area contributed by atoms with Gasteiger partial charge in [-0.05, 0) is 30.6 Å². The Balaban J connectivity index is 1.92. The summed E-state index contributed by atoms with van der Waals surface area (Å²) >= 11 is 6.47. The van der Waals surface area contributed by atoms with Crippen molar-refractivity contribution in [2.24, 2.45) is 10.9 Å². The van der Waals surface area contributed by atoms with E-state index in [0.717, 1.165) is 4.88 Å². The van der Waals surface area contributed by atoms with Crippen LogP contribution in [-0.4, -0.2) is 23.3 Å². The van der Waals surface area contributed by atoms with Crippen molar-refractivity contribution in [3.63, 3.8) is 0 Å². The molecule has 1 unspecified atom stereocenters. The highest BCUT2D eigenvalue weighted by atomic mass is 32.1. The molecule has 0 amide bonds. The third kappa shape index (κ3) is 3.10. The zero-order valence-electron chi connectivity index (χ0n) is 9.30. The molecule has 1 aliphatic rings. The van der Waals surface area contributed by atoms with Crippen LogP contribution in [0.3, 0.4) is 0 Å². The maximum absolute atomic E-state index is 11.8. The highest BCUT2D eigenvalue weighted by Gasteiger charge is 2.26. The largest absolute Gasteiger partial charge is 0.459 e. The van der Waals surface area contributed by atoms with Gasteiger partial charge in [-0.15, -0.1) is 11.3 Å². The summed E-state index contributed by atoms with van der Waals surface area (Å²) in [5, 5.41) is 5.27. The Labute approximate surface area is 109 Å². The fraction of sp³-hybridized carbons (Fsp3) is 0.364. The van der Waals surface area contributed by atoms with E-state index in [4.69, 9.17) is 17.0 Å². The molecule has 1 atom stereocenters. The van der Waals surface area contributed by atoms with Crippen LogP contribution in [0.2, 0.25) is 0 Å². The zero-order valence-corrected chi connectivity index (χ0v) is 10.9. The number of rotatable bonds is 3. The smallest absolute Gasteiger partial charge is 0.316 e. The third-order valence-electron chi connectivity index (χ3n) is 2.46. The lowest BCUT2D eigenvalue weighted by Gasteiger charge is -2.20. The second-order valence-corrected chi connectivity index (χ2v) is 5.10. The van der Waals surface area contributed by atoms with Crippen LogP contribution in [0.5, 0.6) is 0 Å². The predicted molar refractivity (Wildman–Crippen MR) is 71.3 cm³/mol. The van der Waals surface area contributed by atoms with E-state index in [1.807, 2.05) is 17.5 Å². The molecule has 1 N–H and O–H groups in total. The molecule has 0 bridgehead atoms. The molecule has 1 aromatic heterocycles. The van der Waals surface area contributed by atoms with Gasteiger partial charge in [0.15, 0.2) is 5.11 Å². The van der Waals surface area contributed by atoms with Crippen molar-refractivity contribution in [1.82, 2.24) is 5.32 Å². The Morgan fingerprint density at radius 1 is 1.76 bits per heavy atom. The van der Waals surface area contributed by atoms with Gasteiger partial charge < -0.3 is 10.1 Å². The second kappa shape index (κ2) is 5.37. The van der Waals surface area contributed by atoms with E-state index in [9.17, 15) is 4.79 Å². The average molecular weight is 268 g/mol. The summed E-state index contributed by atoms with van der Waals surface area (Å²) < 4.78 is 5.24. The molecule has 0 saturated carbocycles. The van der Waals surface area contributed by atoms with Gasteiger partial charge in [-0.3, -0.25) is 4.79 Å². The minimum absolute atomic E-state index is 0.255. The van der Waals surface area contributed by atoms with Crippen molar-refractivity contribution in [1.29, 1.82) is 0 Å². The number of nitrogens with zero attached hydrogens (tertiary/aromatic N) is 1. The molecule has 0 fully saturated rings. The number of ether oxygens (including phenoxy) is 1. The molecule has 6 heteroatoms. The number of thiophene rings is 1. The molecule has 0 saturated heterocycles. The van der Waals surface area contributed by atoms with Crippen LogP contribution in [0.25, 0.3) is 0 Å². The number of thiocarbonyl (C=S) groups is 1. The normalized spacial score (nSPS) is 19.5. The van der Waals surface area contributed by atoms with E-state index >= 15 is 0 Å². The highest BCUT2D eigenvalue weighted by Crippen LogP contribution is 2.13. The molecule has 1 aliphatic heterocycles. The fourth-order valence-electron chi connectivity index (χ4n) is 1.51. The first-order valence-corrected chi connectivity index (χ1v) is 6.47. The molecular formula is C11H12N2O2S2. The summed E-state index contributed by atoms with van der Waals surface area (Å²) in [4.78, 5) is 16.9. The summed E-state index contributed by atoms with van der Waals surface area (Å²) in [5.74, 6) is -0.587. The van der Waals surface area contributed by atoms with Crippen molar-refractivity contribution in [2.75, 3.05) is 6.54 Å². The molecule has 4 nitrogen and oxygen atoms in total. The van der Waals surface area contributed by atoms with Gasteiger partial charge in [0.05, 0.1) is 0 Å². The number of esters is 1. The average Bonchev–Trinajstić information content (AvgIpc) is 2.78. The lowest BCUT2D eigenvalue weighted by atomic mass is 10.0. The van der Waals surface area contributed by atoms with Crippen molar-refractivity contribution in [2.45, 2.75) is 13.5 Å². The molecule has 0 radical (unpaired) electrons. The molecular weight excluding hydrogens is 256 g/mol. The molecule has 2 rings (SSSR count). The number of aliphatic imine (C=N–C) groups is 1. The van der Waals surface area contributed by atoms with Gasteiger partial charge >= 0.3 is 5.97 Å². The van der Waals surface area contributed by atoms with Crippen molar-refractivity contribution >= 4 is 40.3 Å². The van der Waals surface area contributed by atoms with Gasteiger partial charge in [-0.1, -0.05) is 6.07 Å². The van der Waals surface area contributed by atoms with Gasteiger partial charge in [0.1, 0.15) is 12.5 Å². The first-order chi connectivity index (χ1) is 8.16. The first kappa shape index (κ1) is 12.2. The lowest BCUT2D eigenvalue weighted by Crippen LogP contribution is -2.41. The summed E-state index contributed by atoms with van der Waals surface area (Å²) in [7, 11) is 0. The third-order valence-corrected chi connectivity index (χ3v) is 3.55. The van der Waals surface area contributed by atoms with E-state index in [-0.39, 0.29) is 11.9 Å². The van der Waals surface area contributed by atoms with Gasteiger partial charge in [-0.2, -0.15) is 0 Å². The standard InChI is InChI=1S/C11H12N2O2S2/c1-7-9(5-12-11(16)13-7)10(14)15-6-8-3-2-4-17-8/h2-4,9H,5-6H2,1H3,(H,12,16). The predicted octanol–water partition coefficient (Wildman–Crippen LogP) is 1.76. The van der Waals surface area contributed by atoms with Crippen LogP contribution in [0, 0.1) is 5.92 Å². The van der Waals surface area contributed by atoms with Crippen LogP contribution in [0.15, 0.2) is 22.5 Å². The molecule has 1 aromatic rings. The maximum Gasteiger partial charge on any atom is 0.316 e. The van der Waals surface area contributed by atoms with E-state index in [1.54, 1.807) is 18.3 Å². The Bertz CT molecular complexity index is 454. The minimum atomic E-state index is -0.332. The van der Waals surface area contributed by atoms with Crippen molar-refractivity contribution in [3.8, 4) is 0 Å². The van der Waals surface area contributed by atoms with Gasteiger partial charge in [-0.25, -0.2) is 4.99 Å². The van der Waals surface area contributed by atoms with Gasteiger partial charge in [0, 0.05) is 17.1 Å². The quantitative estimate of drug-likeness (QED) is 0.670. The number of carbonyl (C=O) groups excluding carboxylic acids is 1. The summed E-state index contributed by atoms with van der Waals surface area (Å²) in [6.07, 6.45) is 0.